The van der Waals surface area contributed by atoms with Crippen LogP contribution >= 0.6 is 0 Å². The maximum absolute atomic E-state index is 12.4. The van der Waals surface area contributed by atoms with E-state index in [1.54, 1.807) is 20.8 Å². The van der Waals surface area contributed by atoms with E-state index in [4.69, 9.17) is 14.2 Å². The minimum absolute atomic E-state index is 0.189. The predicted molar refractivity (Wildman–Crippen MR) is 68.3 cm³/mol. The molecule has 0 amide bonds. The van der Waals surface area contributed by atoms with E-state index in [-0.39, 0.29) is 6.42 Å². The summed E-state index contributed by atoms with van der Waals surface area (Å²) in [5.41, 5.74) is -4.89. The highest BCUT2D eigenvalue weighted by molar-refractivity contribution is 5.91. The van der Waals surface area contributed by atoms with Gasteiger partial charge in [0.1, 0.15) is 12.2 Å². The molecule has 2 N–H and O–H groups in total. The first-order valence-corrected chi connectivity index (χ1v) is 7.63. The number of rotatable bonds is 1. The van der Waals surface area contributed by atoms with E-state index in [2.05, 4.69) is 0 Å². The number of epoxide rings is 1. The fourth-order valence-electron chi connectivity index (χ4n) is 5.83. The lowest BCUT2D eigenvalue weighted by Gasteiger charge is -2.53. The van der Waals surface area contributed by atoms with Gasteiger partial charge in [0.05, 0.1) is 22.5 Å². The van der Waals surface area contributed by atoms with Gasteiger partial charge in [-0.1, -0.05) is 0 Å². The molecule has 7 nitrogen and oxygen atoms in total. The molecule has 120 valence electrons. The van der Waals surface area contributed by atoms with Crippen molar-refractivity contribution in [2.24, 2.45) is 17.3 Å². The summed E-state index contributed by atoms with van der Waals surface area (Å²) in [7, 11) is 0. The Kier molecular flexibility index (Phi) is 1.85. The maximum Gasteiger partial charge on any atom is 0.342 e. The van der Waals surface area contributed by atoms with Gasteiger partial charge < -0.3 is 24.4 Å². The number of carbonyl (C=O) groups is 2. The topological polar surface area (TPSA) is 106 Å². The van der Waals surface area contributed by atoms with Gasteiger partial charge in [-0.25, -0.2) is 4.79 Å². The Balaban J connectivity index is 1.76. The number of fused-ring (bicyclic) bond motifs is 4. The molecule has 5 rings (SSSR count). The zero-order valence-corrected chi connectivity index (χ0v) is 12.5. The Bertz CT molecular complexity index is 638. The SMILES string of the molecule is CC(C)(O)C1C2OC(=O)C1[C@]1(O)CC3O[C@]34C(=O)OC2[C@]14C. The van der Waals surface area contributed by atoms with Crippen LogP contribution in [0.2, 0.25) is 0 Å². The van der Waals surface area contributed by atoms with Crippen molar-refractivity contribution in [3.05, 3.63) is 0 Å². The van der Waals surface area contributed by atoms with Crippen molar-refractivity contribution in [2.75, 3.05) is 0 Å². The zero-order valence-electron chi connectivity index (χ0n) is 12.5. The normalized spacial score (nSPS) is 60.7. The molecular weight excluding hydrogens is 292 g/mol. The summed E-state index contributed by atoms with van der Waals surface area (Å²) >= 11 is 0. The standard InChI is InChI=1S/C15H18O7/c1-12(2,18)6-7-10(16)20-8(6)9-13(3)14(7,19)4-5-15(13,22-5)11(17)21-9/h5-9,18-19H,4H2,1-3H3/t5?,6?,7?,8?,9?,13-,14-,15+/m1/s1. The minimum atomic E-state index is -1.47. The quantitative estimate of drug-likeness (QED) is 0.479. The summed E-state index contributed by atoms with van der Waals surface area (Å²) in [5.74, 6) is -2.51. The van der Waals surface area contributed by atoms with Crippen molar-refractivity contribution in [1.82, 2.24) is 0 Å². The first kappa shape index (κ1) is 13.3. The molecule has 5 unspecified atom stereocenters. The van der Waals surface area contributed by atoms with Crippen LogP contribution in [0.1, 0.15) is 27.2 Å². The molecule has 2 aliphatic carbocycles. The predicted octanol–water partition coefficient (Wildman–Crippen LogP) is -0.867. The second kappa shape index (κ2) is 3.07. The van der Waals surface area contributed by atoms with Gasteiger partial charge in [0.25, 0.3) is 0 Å². The van der Waals surface area contributed by atoms with Crippen LogP contribution in [0, 0.1) is 17.3 Å². The number of ether oxygens (including phenoxy) is 3. The lowest BCUT2D eigenvalue weighted by atomic mass is 9.52. The minimum Gasteiger partial charge on any atom is -0.458 e. The van der Waals surface area contributed by atoms with Crippen molar-refractivity contribution in [3.63, 3.8) is 0 Å². The number of hydrogen-bond donors (Lipinski definition) is 2. The second-order valence-corrected chi connectivity index (χ2v) is 8.06. The van der Waals surface area contributed by atoms with Crippen molar-refractivity contribution in [3.8, 4) is 0 Å². The second-order valence-electron chi connectivity index (χ2n) is 8.06. The van der Waals surface area contributed by atoms with Gasteiger partial charge in [-0.2, -0.15) is 0 Å². The number of esters is 2. The molecular formula is C15H18O7. The molecule has 22 heavy (non-hydrogen) atoms. The summed E-state index contributed by atoms with van der Waals surface area (Å²) in [6.45, 7) is 4.92. The first-order chi connectivity index (χ1) is 10.1. The molecule has 8 atom stereocenters. The molecule has 1 spiro atoms. The number of aliphatic hydroxyl groups is 2. The molecule has 0 aromatic heterocycles. The van der Waals surface area contributed by atoms with Gasteiger partial charge >= 0.3 is 11.9 Å². The van der Waals surface area contributed by atoms with E-state index >= 15 is 0 Å². The highest BCUT2D eigenvalue weighted by Gasteiger charge is 2.95. The highest BCUT2D eigenvalue weighted by atomic mass is 16.7. The largest absolute Gasteiger partial charge is 0.458 e. The summed E-state index contributed by atoms with van der Waals surface area (Å²) in [6, 6.07) is 0. The van der Waals surface area contributed by atoms with Crippen LogP contribution in [0.3, 0.4) is 0 Å². The average molecular weight is 310 g/mol. The van der Waals surface area contributed by atoms with Crippen molar-refractivity contribution < 1.29 is 34.0 Å². The van der Waals surface area contributed by atoms with Crippen LogP contribution < -0.4 is 0 Å². The van der Waals surface area contributed by atoms with Crippen LogP contribution in [0.4, 0.5) is 0 Å². The Hall–Kier alpha value is -1.18. The molecule has 3 heterocycles. The Morgan fingerprint density at radius 3 is 2.59 bits per heavy atom. The van der Waals surface area contributed by atoms with E-state index in [0.717, 1.165) is 0 Å². The zero-order chi connectivity index (χ0) is 15.9. The summed E-state index contributed by atoms with van der Waals surface area (Å²) < 4.78 is 16.5. The van der Waals surface area contributed by atoms with Crippen molar-refractivity contribution >= 4 is 11.9 Å². The molecule has 7 heteroatoms. The van der Waals surface area contributed by atoms with Crippen LogP contribution in [-0.2, 0) is 23.8 Å². The highest BCUT2D eigenvalue weighted by Crippen LogP contribution is 2.77. The lowest BCUT2D eigenvalue weighted by molar-refractivity contribution is -0.223. The maximum atomic E-state index is 12.4. The third-order valence-corrected chi connectivity index (χ3v) is 6.85. The van der Waals surface area contributed by atoms with Gasteiger partial charge in [-0.3, -0.25) is 4.79 Å². The molecule has 5 aliphatic rings. The lowest BCUT2D eigenvalue weighted by Crippen LogP contribution is -2.68. The molecule has 2 saturated carbocycles. The Morgan fingerprint density at radius 1 is 1.27 bits per heavy atom. The average Bonchev–Trinajstić information content (AvgIpc) is 2.85. The third-order valence-electron chi connectivity index (χ3n) is 6.85. The van der Waals surface area contributed by atoms with E-state index in [1.165, 1.54) is 0 Å². The molecule has 0 radical (unpaired) electrons. The van der Waals surface area contributed by atoms with Crippen LogP contribution in [0.5, 0.6) is 0 Å². The monoisotopic (exact) mass is 310 g/mol. The number of hydrogen-bond acceptors (Lipinski definition) is 7. The summed E-state index contributed by atoms with van der Waals surface area (Å²) in [4.78, 5) is 24.8. The Morgan fingerprint density at radius 2 is 1.95 bits per heavy atom. The molecule has 0 aromatic rings. The van der Waals surface area contributed by atoms with E-state index in [1.807, 2.05) is 0 Å². The van der Waals surface area contributed by atoms with E-state index in [9.17, 15) is 19.8 Å². The van der Waals surface area contributed by atoms with Gasteiger partial charge in [-0.15, -0.1) is 0 Å². The van der Waals surface area contributed by atoms with Gasteiger partial charge in [0, 0.05) is 12.3 Å². The fourth-order valence-corrected chi connectivity index (χ4v) is 5.83. The van der Waals surface area contributed by atoms with Gasteiger partial charge in [0.2, 0.25) is 5.60 Å². The Labute approximate surface area is 126 Å². The van der Waals surface area contributed by atoms with Crippen LogP contribution in [0.15, 0.2) is 0 Å². The van der Waals surface area contributed by atoms with Gasteiger partial charge in [-0.05, 0) is 20.8 Å². The fraction of sp³-hybridized carbons (Fsp3) is 0.867. The first-order valence-electron chi connectivity index (χ1n) is 7.63. The molecule has 2 bridgehead atoms. The van der Waals surface area contributed by atoms with E-state index in [0.29, 0.717) is 0 Å². The van der Waals surface area contributed by atoms with E-state index < -0.39 is 64.3 Å². The summed E-state index contributed by atoms with van der Waals surface area (Å²) in [5, 5.41) is 21.9. The smallest absolute Gasteiger partial charge is 0.342 e. The molecule has 5 fully saturated rings. The molecule has 3 saturated heterocycles. The summed E-state index contributed by atoms with van der Waals surface area (Å²) in [6.07, 6.45) is -1.78. The number of carbonyl (C=O) groups excluding carboxylic acids is 2. The molecule has 3 aliphatic heterocycles. The van der Waals surface area contributed by atoms with Crippen LogP contribution in [0.25, 0.3) is 0 Å². The van der Waals surface area contributed by atoms with Crippen molar-refractivity contribution in [1.29, 1.82) is 0 Å². The van der Waals surface area contributed by atoms with Crippen molar-refractivity contribution in [2.45, 2.75) is 62.3 Å². The van der Waals surface area contributed by atoms with Gasteiger partial charge in [0.15, 0.2) is 6.10 Å². The molecule has 0 aromatic carbocycles. The van der Waals surface area contributed by atoms with Crippen LogP contribution in [-0.4, -0.2) is 57.3 Å². The third kappa shape index (κ3) is 0.962.